The number of hydrogen-bond donors (Lipinski definition) is 1. The van der Waals surface area contributed by atoms with Crippen molar-refractivity contribution < 1.29 is 9.84 Å². The van der Waals surface area contributed by atoms with Crippen LogP contribution in [0.15, 0.2) is 0 Å². The fourth-order valence-electron chi connectivity index (χ4n) is 1.79. The molecule has 0 aromatic rings. The molecular formula is C10H20O2. The van der Waals surface area contributed by atoms with Crippen LogP contribution >= 0.6 is 0 Å². The van der Waals surface area contributed by atoms with Gasteiger partial charge >= 0.3 is 0 Å². The van der Waals surface area contributed by atoms with Gasteiger partial charge in [0, 0.05) is 6.61 Å². The topological polar surface area (TPSA) is 29.5 Å². The first-order chi connectivity index (χ1) is 5.76. The minimum atomic E-state index is -0.0856. The van der Waals surface area contributed by atoms with Crippen LogP contribution in [0.25, 0.3) is 0 Å². The molecule has 1 aliphatic carbocycles. The molecule has 0 radical (unpaired) electrons. The molecule has 12 heavy (non-hydrogen) atoms. The van der Waals surface area contributed by atoms with Crippen molar-refractivity contribution in [2.45, 2.75) is 51.7 Å². The van der Waals surface area contributed by atoms with Gasteiger partial charge in [0.2, 0.25) is 0 Å². The van der Waals surface area contributed by atoms with Crippen LogP contribution < -0.4 is 0 Å². The third kappa shape index (κ3) is 2.76. The van der Waals surface area contributed by atoms with Crippen molar-refractivity contribution in [2.24, 2.45) is 5.92 Å². The third-order valence-corrected chi connectivity index (χ3v) is 2.67. The Morgan fingerprint density at radius 1 is 1.42 bits per heavy atom. The zero-order valence-electron chi connectivity index (χ0n) is 8.12. The molecule has 0 heterocycles. The zero-order valence-corrected chi connectivity index (χ0v) is 8.12. The van der Waals surface area contributed by atoms with E-state index in [0.717, 1.165) is 38.2 Å². The van der Waals surface area contributed by atoms with E-state index in [1.54, 1.807) is 0 Å². The first kappa shape index (κ1) is 10.0. The maximum absolute atomic E-state index is 9.37. The molecule has 2 nitrogen and oxygen atoms in total. The first-order valence-electron chi connectivity index (χ1n) is 5.05. The van der Waals surface area contributed by atoms with Crippen molar-refractivity contribution in [3.8, 4) is 0 Å². The smallest absolute Gasteiger partial charge is 0.0580 e. The highest BCUT2D eigenvalue weighted by molar-refractivity contribution is 4.81. The summed E-state index contributed by atoms with van der Waals surface area (Å²) in [4.78, 5) is 0. The van der Waals surface area contributed by atoms with Crippen molar-refractivity contribution in [3.63, 3.8) is 0 Å². The van der Waals surface area contributed by atoms with E-state index in [2.05, 4.69) is 0 Å². The highest BCUT2D eigenvalue weighted by atomic mass is 16.5. The molecule has 0 aromatic carbocycles. The van der Waals surface area contributed by atoms with Gasteiger partial charge in [0.15, 0.2) is 0 Å². The summed E-state index contributed by atoms with van der Waals surface area (Å²) in [5.74, 6) is 0.719. The van der Waals surface area contributed by atoms with E-state index < -0.39 is 0 Å². The van der Waals surface area contributed by atoms with Gasteiger partial charge in [-0.2, -0.15) is 0 Å². The molecule has 0 aromatic heterocycles. The maximum Gasteiger partial charge on any atom is 0.0580 e. The molecule has 1 atom stereocenters. The third-order valence-electron chi connectivity index (χ3n) is 2.67. The second-order valence-corrected chi connectivity index (χ2v) is 3.71. The Balaban J connectivity index is 2.01. The Morgan fingerprint density at radius 2 is 2.08 bits per heavy atom. The summed E-state index contributed by atoms with van der Waals surface area (Å²) in [6.07, 6.45) is 4.58. The van der Waals surface area contributed by atoms with E-state index in [1.165, 1.54) is 0 Å². The second kappa shape index (κ2) is 4.83. The molecule has 1 rings (SSSR count). The molecule has 0 saturated heterocycles. The lowest BCUT2D eigenvalue weighted by atomic mass is 9.78. The van der Waals surface area contributed by atoms with Gasteiger partial charge in [0.25, 0.3) is 0 Å². The molecule has 1 aliphatic rings. The lowest BCUT2D eigenvalue weighted by Crippen LogP contribution is -2.33. The summed E-state index contributed by atoms with van der Waals surface area (Å²) >= 11 is 0. The van der Waals surface area contributed by atoms with Gasteiger partial charge in [0.1, 0.15) is 0 Å². The van der Waals surface area contributed by atoms with E-state index in [1.807, 2.05) is 13.8 Å². The fourth-order valence-corrected chi connectivity index (χ4v) is 1.79. The summed E-state index contributed by atoms with van der Waals surface area (Å²) in [6, 6.07) is 0. The average molecular weight is 172 g/mol. The van der Waals surface area contributed by atoms with E-state index in [9.17, 15) is 5.11 Å². The van der Waals surface area contributed by atoms with Crippen LogP contribution in [0.2, 0.25) is 0 Å². The van der Waals surface area contributed by atoms with Gasteiger partial charge in [0.05, 0.1) is 12.2 Å². The SMILES string of the molecule is CCOC1CC(CC(O)CC)C1. The Morgan fingerprint density at radius 3 is 2.58 bits per heavy atom. The minimum absolute atomic E-state index is 0.0856. The molecule has 72 valence electrons. The van der Waals surface area contributed by atoms with Crippen LogP contribution in [-0.2, 0) is 4.74 Å². The van der Waals surface area contributed by atoms with E-state index in [0.29, 0.717) is 6.10 Å². The number of hydrogen-bond acceptors (Lipinski definition) is 2. The number of rotatable bonds is 5. The van der Waals surface area contributed by atoms with Gasteiger partial charge in [-0.1, -0.05) is 6.92 Å². The van der Waals surface area contributed by atoms with E-state index >= 15 is 0 Å². The van der Waals surface area contributed by atoms with Gasteiger partial charge in [-0.25, -0.2) is 0 Å². The van der Waals surface area contributed by atoms with Gasteiger partial charge in [-0.3, -0.25) is 0 Å². The van der Waals surface area contributed by atoms with Crippen molar-refractivity contribution in [2.75, 3.05) is 6.61 Å². The average Bonchev–Trinajstić information content (AvgIpc) is 2.00. The van der Waals surface area contributed by atoms with Crippen LogP contribution in [0.1, 0.15) is 39.5 Å². The van der Waals surface area contributed by atoms with Crippen LogP contribution in [-0.4, -0.2) is 23.9 Å². The Hall–Kier alpha value is -0.0800. The van der Waals surface area contributed by atoms with Crippen LogP contribution in [0.5, 0.6) is 0 Å². The lowest BCUT2D eigenvalue weighted by Gasteiger charge is -2.35. The summed E-state index contributed by atoms with van der Waals surface area (Å²) in [7, 11) is 0. The number of aliphatic hydroxyl groups is 1. The summed E-state index contributed by atoms with van der Waals surface area (Å²) < 4.78 is 5.44. The molecule has 0 amide bonds. The van der Waals surface area contributed by atoms with Crippen molar-refractivity contribution >= 4 is 0 Å². The Bertz CT molecular complexity index is 119. The van der Waals surface area contributed by atoms with Crippen molar-refractivity contribution in [1.29, 1.82) is 0 Å². The normalized spacial score (nSPS) is 31.2. The quantitative estimate of drug-likeness (QED) is 0.687. The second-order valence-electron chi connectivity index (χ2n) is 3.71. The highest BCUT2D eigenvalue weighted by Gasteiger charge is 2.30. The van der Waals surface area contributed by atoms with Crippen LogP contribution in [0, 0.1) is 5.92 Å². The predicted molar refractivity (Wildman–Crippen MR) is 49.1 cm³/mol. The molecule has 0 aliphatic heterocycles. The Kier molecular flexibility index (Phi) is 4.02. The van der Waals surface area contributed by atoms with Crippen LogP contribution in [0.3, 0.4) is 0 Å². The molecule has 1 N–H and O–H groups in total. The van der Waals surface area contributed by atoms with Crippen molar-refractivity contribution in [1.82, 2.24) is 0 Å². The molecule has 1 saturated carbocycles. The molecular weight excluding hydrogens is 152 g/mol. The Labute approximate surface area is 74.9 Å². The number of aliphatic hydroxyl groups excluding tert-OH is 1. The van der Waals surface area contributed by atoms with Gasteiger partial charge < -0.3 is 9.84 Å². The predicted octanol–water partition coefficient (Wildman–Crippen LogP) is 1.96. The molecule has 1 unspecified atom stereocenters. The minimum Gasteiger partial charge on any atom is -0.393 e. The van der Waals surface area contributed by atoms with Crippen LogP contribution in [0.4, 0.5) is 0 Å². The number of ether oxygens (including phenoxy) is 1. The van der Waals surface area contributed by atoms with E-state index in [4.69, 9.17) is 4.74 Å². The standard InChI is InChI=1S/C10H20O2/c1-3-9(11)5-8-6-10(7-8)12-4-2/h8-11H,3-7H2,1-2H3. The first-order valence-corrected chi connectivity index (χ1v) is 5.05. The molecule has 2 heteroatoms. The monoisotopic (exact) mass is 172 g/mol. The van der Waals surface area contributed by atoms with Crippen molar-refractivity contribution in [3.05, 3.63) is 0 Å². The largest absolute Gasteiger partial charge is 0.393 e. The van der Waals surface area contributed by atoms with Gasteiger partial charge in [-0.15, -0.1) is 0 Å². The zero-order chi connectivity index (χ0) is 8.97. The maximum atomic E-state index is 9.37. The highest BCUT2D eigenvalue weighted by Crippen LogP contribution is 2.33. The lowest BCUT2D eigenvalue weighted by molar-refractivity contribution is -0.0379. The summed E-state index contributed by atoms with van der Waals surface area (Å²) in [5, 5.41) is 9.37. The molecule has 1 fully saturated rings. The summed E-state index contributed by atoms with van der Waals surface area (Å²) in [5.41, 5.74) is 0. The summed E-state index contributed by atoms with van der Waals surface area (Å²) in [6.45, 7) is 4.89. The van der Waals surface area contributed by atoms with Gasteiger partial charge in [-0.05, 0) is 38.5 Å². The fraction of sp³-hybridized carbons (Fsp3) is 1.00. The molecule has 0 spiro atoms. The van der Waals surface area contributed by atoms with E-state index in [-0.39, 0.29) is 6.10 Å². The molecule has 0 bridgehead atoms.